The Morgan fingerprint density at radius 2 is 2.28 bits per heavy atom. The molecule has 1 aliphatic rings. The van der Waals surface area contributed by atoms with Gasteiger partial charge in [-0.25, -0.2) is 0 Å². The van der Waals surface area contributed by atoms with Crippen LogP contribution in [-0.2, 0) is 4.79 Å². The monoisotopic (exact) mass is 263 g/mol. The van der Waals surface area contributed by atoms with Crippen molar-refractivity contribution in [3.63, 3.8) is 0 Å². The third kappa shape index (κ3) is 2.89. The lowest BCUT2D eigenvalue weighted by Crippen LogP contribution is -2.24. The highest BCUT2D eigenvalue weighted by molar-refractivity contribution is 8.15. The second-order valence-electron chi connectivity index (χ2n) is 3.71. The molecular weight excluding hydrogens is 250 g/mol. The lowest BCUT2D eigenvalue weighted by molar-refractivity contribution is -0.118. The highest BCUT2D eigenvalue weighted by atomic mass is 32.2. The summed E-state index contributed by atoms with van der Waals surface area (Å²) in [5, 5.41) is 20.4. The van der Waals surface area contributed by atoms with E-state index in [0.717, 1.165) is 6.42 Å². The van der Waals surface area contributed by atoms with Gasteiger partial charge < -0.3 is 10.4 Å². The van der Waals surface area contributed by atoms with Crippen LogP contribution in [0.2, 0.25) is 0 Å². The van der Waals surface area contributed by atoms with Crippen molar-refractivity contribution in [3.8, 4) is 5.75 Å². The molecule has 1 aromatic carbocycles. The molecule has 18 heavy (non-hydrogen) atoms. The summed E-state index contributed by atoms with van der Waals surface area (Å²) < 4.78 is 0. The maximum Gasteiger partial charge on any atom is 0.239 e. The summed E-state index contributed by atoms with van der Waals surface area (Å²) in [7, 11) is 0. The minimum atomic E-state index is -0.0796. The molecule has 5 nitrogen and oxygen atoms in total. The number of carbonyl (C=O) groups is 1. The Kier molecular flexibility index (Phi) is 3.99. The zero-order valence-electron chi connectivity index (χ0n) is 9.83. The normalized spacial score (nSPS) is 21.7. The third-order valence-corrected chi connectivity index (χ3v) is 3.67. The van der Waals surface area contributed by atoms with Crippen LogP contribution in [0, 0.1) is 0 Å². The van der Waals surface area contributed by atoms with Gasteiger partial charge in [0.1, 0.15) is 5.75 Å². The van der Waals surface area contributed by atoms with Gasteiger partial charge in [-0.1, -0.05) is 30.8 Å². The second kappa shape index (κ2) is 5.68. The van der Waals surface area contributed by atoms with Gasteiger partial charge in [-0.05, 0) is 18.6 Å². The maximum atomic E-state index is 11.4. The van der Waals surface area contributed by atoms with Gasteiger partial charge in [0.25, 0.3) is 0 Å². The fourth-order valence-electron chi connectivity index (χ4n) is 1.46. The quantitative estimate of drug-likeness (QED) is 0.644. The summed E-state index contributed by atoms with van der Waals surface area (Å²) >= 11 is 1.37. The smallest absolute Gasteiger partial charge is 0.239 e. The Balaban J connectivity index is 2.04. The number of aromatic hydroxyl groups is 1. The van der Waals surface area contributed by atoms with E-state index in [4.69, 9.17) is 0 Å². The summed E-state index contributed by atoms with van der Waals surface area (Å²) in [6.07, 6.45) is 2.22. The van der Waals surface area contributed by atoms with Crippen LogP contribution in [0.4, 0.5) is 0 Å². The van der Waals surface area contributed by atoms with Crippen molar-refractivity contribution in [1.29, 1.82) is 0 Å². The number of rotatable bonds is 3. The molecule has 94 valence electrons. The molecule has 0 radical (unpaired) electrons. The van der Waals surface area contributed by atoms with Crippen molar-refractivity contribution in [2.24, 2.45) is 10.2 Å². The van der Waals surface area contributed by atoms with Crippen molar-refractivity contribution in [1.82, 2.24) is 5.32 Å². The maximum absolute atomic E-state index is 11.4. The van der Waals surface area contributed by atoms with Crippen LogP contribution in [0.1, 0.15) is 18.9 Å². The first-order chi connectivity index (χ1) is 8.70. The summed E-state index contributed by atoms with van der Waals surface area (Å²) in [6, 6.07) is 6.84. The molecule has 1 amide bonds. The van der Waals surface area contributed by atoms with Gasteiger partial charge in [-0.2, -0.15) is 5.10 Å². The zero-order chi connectivity index (χ0) is 13.0. The number of phenolic OH excluding ortho intramolecular Hbond substituents is 1. The second-order valence-corrected chi connectivity index (χ2v) is 4.90. The van der Waals surface area contributed by atoms with Crippen LogP contribution >= 0.6 is 11.8 Å². The van der Waals surface area contributed by atoms with E-state index in [2.05, 4.69) is 15.5 Å². The van der Waals surface area contributed by atoms with Crippen molar-refractivity contribution in [2.75, 3.05) is 0 Å². The van der Waals surface area contributed by atoms with Gasteiger partial charge in [0.15, 0.2) is 5.17 Å². The number of hydrogen-bond acceptors (Lipinski definition) is 5. The van der Waals surface area contributed by atoms with E-state index in [9.17, 15) is 9.90 Å². The molecule has 1 atom stereocenters. The minimum Gasteiger partial charge on any atom is -0.507 e. The van der Waals surface area contributed by atoms with Crippen LogP contribution < -0.4 is 5.32 Å². The molecule has 0 aliphatic carbocycles. The summed E-state index contributed by atoms with van der Waals surface area (Å²) in [6.45, 7) is 1.95. The van der Waals surface area contributed by atoms with Crippen LogP contribution in [0.25, 0.3) is 0 Å². The number of nitrogens with one attached hydrogen (secondary N) is 1. The molecule has 1 saturated heterocycles. The molecule has 0 spiro atoms. The van der Waals surface area contributed by atoms with Crippen LogP contribution in [0.3, 0.4) is 0 Å². The van der Waals surface area contributed by atoms with Crippen molar-refractivity contribution in [2.45, 2.75) is 18.6 Å². The Hall–Kier alpha value is -1.82. The fraction of sp³-hybridized carbons (Fsp3) is 0.250. The van der Waals surface area contributed by atoms with E-state index in [1.807, 2.05) is 6.92 Å². The van der Waals surface area contributed by atoms with E-state index in [-0.39, 0.29) is 16.9 Å². The summed E-state index contributed by atoms with van der Waals surface area (Å²) in [5.74, 6) is 0.120. The van der Waals surface area contributed by atoms with Crippen LogP contribution in [-0.4, -0.2) is 27.6 Å². The van der Waals surface area contributed by atoms with Gasteiger partial charge in [0.05, 0.1) is 11.5 Å². The number of thioether (sulfide) groups is 1. The average molecular weight is 263 g/mol. The first kappa shape index (κ1) is 12.6. The number of hydrogen-bond donors (Lipinski definition) is 2. The first-order valence-corrected chi connectivity index (χ1v) is 6.45. The van der Waals surface area contributed by atoms with E-state index in [0.29, 0.717) is 10.7 Å². The summed E-state index contributed by atoms with van der Waals surface area (Å²) in [4.78, 5) is 11.4. The molecule has 6 heteroatoms. The fourth-order valence-corrected chi connectivity index (χ4v) is 2.32. The number of amides is 1. The Morgan fingerprint density at radius 3 is 2.94 bits per heavy atom. The average Bonchev–Trinajstić information content (AvgIpc) is 2.72. The van der Waals surface area contributed by atoms with E-state index < -0.39 is 0 Å². The van der Waals surface area contributed by atoms with Crippen LogP contribution in [0.5, 0.6) is 5.75 Å². The Morgan fingerprint density at radius 1 is 1.50 bits per heavy atom. The lowest BCUT2D eigenvalue weighted by atomic mass is 10.2. The Labute approximate surface area is 109 Å². The molecule has 2 rings (SSSR count). The molecule has 0 bridgehead atoms. The third-order valence-electron chi connectivity index (χ3n) is 2.43. The zero-order valence-corrected chi connectivity index (χ0v) is 10.6. The van der Waals surface area contributed by atoms with Crippen LogP contribution in [0.15, 0.2) is 34.5 Å². The molecule has 2 N–H and O–H groups in total. The predicted molar refractivity (Wildman–Crippen MR) is 72.9 cm³/mol. The van der Waals surface area contributed by atoms with E-state index in [1.54, 1.807) is 24.3 Å². The van der Waals surface area contributed by atoms with Gasteiger partial charge in [-0.3, -0.25) is 4.79 Å². The van der Waals surface area contributed by atoms with Gasteiger partial charge in [-0.15, -0.1) is 5.10 Å². The number of amidine groups is 1. The highest BCUT2D eigenvalue weighted by Gasteiger charge is 2.28. The van der Waals surface area contributed by atoms with Crippen molar-refractivity contribution < 1.29 is 9.90 Å². The van der Waals surface area contributed by atoms with E-state index in [1.165, 1.54) is 18.0 Å². The molecule has 0 saturated carbocycles. The SMILES string of the molecule is CCC1S/C(=N/N=C/c2ccccc2O)NC1=O. The van der Waals surface area contributed by atoms with Crippen molar-refractivity contribution in [3.05, 3.63) is 29.8 Å². The molecule has 1 aromatic rings. The topological polar surface area (TPSA) is 74.1 Å². The standard InChI is InChI=1S/C12H13N3O2S/c1-2-10-11(17)14-12(18-10)15-13-7-8-5-3-4-6-9(8)16/h3-7,10,16H,2H2,1H3,(H,14,15,17)/b13-7+. The largest absolute Gasteiger partial charge is 0.507 e. The molecule has 0 aromatic heterocycles. The van der Waals surface area contributed by atoms with Crippen molar-refractivity contribution >= 4 is 29.1 Å². The molecule has 1 heterocycles. The molecule has 1 unspecified atom stereocenters. The predicted octanol–water partition coefficient (Wildman–Crippen LogP) is 1.72. The van der Waals surface area contributed by atoms with Gasteiger partial charge in [0, 0.05) is 5.56 Å². The number of phenols is 1. The Bertz CT molecular complexity index is 514. The lowest BCUT2D eigenvalue weighted by Gasteiger charge is -1.96. The minimum absolute atomic E-state index is 0.0287. The number of nitrogens with zero attached hydrogens (tertiary/aromatic N) is 2. The van der Waals surface area contributed by atoms with E-state index >= 15 is 0 Å². The molecule has 1 fully saturated rings. The van der Waals surface area contributed by atoms with Gasteiger partial charge >= 0.3 is 0 Å². The number of benzene rings is 1. The molecular formula is C12H13N3O2S. The summed E-state index contributed by atoms with van der Waals surface area (Å²) in [5.41, 5.74) is 0.586. The number of carbonyl (C=O) groups excluding carboxylic acids is 1. The molecule has 1 aliphatic heterocycles. The van der Waals surface area contributed by atoms with Gasteiger partial charge in [0.2, 0.25) is 5.91 Å². The number of para-hydroxylation sites is 1. The highest BCUT2D eigenvalue weighted by Crippen LogP contribution is 2.21. The first-order valence-electron chi connectivity index (χ1n) is 5.57.